The van der Waals surface area contributed by atoms with E-state index in [4.69, 9.17) is 5.21 Å². The molecule has 5 nitrogen and oxygen atoms in total. The largest absolute Gasteiger partial charge is 0.288 e. The summed E-state index contributed by atoms with van der Waals surface area (Å²) in [6.07, 6.45) is 2.71. The Morgan fingerprint density at radius 1 is 1.12 bits per heavy atom. The molecule has 0 saturated heterocycles. The molecule has 0 fully saturated rings. The van der Waals surface area contributed by atoms with Gasteiger partial charge in [-0.3, -0.25) is 10.0 Å². The van der Waals surface area contributed by atoms with Crippen molar-refractivity contribution in [2.24, 2.45) is 0 Å². The first-order valence-corrected chi connectivity index (χ1v) is 9.87. The van der Waals surface area contributed by atoms with Gasteiger partial charge < -0.3 is 0 Å². The number of hydrogen-bond donors (Lipinski definition) is 2. The highest BCUT2D eigenvalue weighted by Gasteiger charge is 2.18. The Hall–Kier alpha value is -2.48. The summed E-state index contributed by atoms with van der Waals surface area (Å²) in [6, 6.07) is 16.1. The van der Waals surface area contributed by atoms with E-state index in [0.717, 1.165) is 15.6 Å². The lowest BCUT2D eigenvalue weighted by atomic mass is 10.1. The van der Waals surface area contributed by atoms with Crippen LogP contribution >= 0.6 is 11.3 Å². The van der Waals surface area contributed by atoms with E-state index in [1.165, 1.54) is 29.0 Å². The van der Waals surface area contributed by atoms with Crippen LogP contribution in [0.5, 0.6) is 0 Å². The van der Waals surface area contributed by atoms with E-state index in [-0.39, 0.29) is 5.75 Å². The van der Waals surface area contributed by atoms with Gasteiger partial charge in [0.25, 0.3) is 5.91 Å². The Morgan fingerprint density at radius 2 is 1.84 bits per heavy atom. The van der Waals surface area contributed by atoms with Gasteiger partial charge in [0.1, 0.15) is 4.21 Å². The molecule has 0 spiro atoms. The summed E-state index contributed by atoms with van der Waals surface area (Å²) in [7, 11) is -3.41. The quantitative estimate of drug-likeness (QED) is 0.408. The number of thiophene rings is 1. The fraction of sp³-hybridized carbons (Fsp3) is 0.0556. The second-order valence-corrected chi connectivity index (χ2v) is 8.71. The number of carbonyl (C=O) groups excluding carboxylic acids is 1. The third-order valence-corrected chi connectivity index (χ3v) is 6.95. The summed E-state index contributed by atoms with van der Waals surface area (Å²) < 4.78 is 26.6. The molecule has 0 aliphatic rings. The van der Waals surface area contributed by atoms with Crippen molar-refractivity contribution in [1.82, 2.24) is 5.48 Å². The molecule has 1 aromatic heterocycles. The lowest BCUT2D eigenvalue weighted by molar-refractivity contribution is -0.124. The van der Waals surface area contributed by atoms with E-state index < -0.39 is 15.7 Å². The van der Waals surface area contributed by atoms with Crippen molar-refractivity contribution in [1.29, 1.82) is 0 Å². The molecule has 0 saturated carbocycles. The van der Waals surface area contributed by atoms with Gasteiger partial charge in [0.05, 0.1) is 5.75 Å². The van der Waals surface area contributed by atoms with Gasteiger partial charge in [-0.05, 0) is 34.7 Å². The molecule has 0 unspecified atom stereocenters. The van der Waals surface area contributed by atoms with E-state index in [1.54, 1.807) is 30.3 Å². The molecule has 1 amide bonds. The van der Waals surface area contributed by atoms with Gasteiger partial charge in [-0.2, -0.15) is 0 Å². The molecule has 7 heteroatoms. The maximum absolute atomic E-state index is 12.6. The summed E-state index contributed by atoms with van der Waals surface area (Å²) >= 11 is 1.27. The van der Waals surface area contributed by atoms with Crippen molar-refractivity contribution < 1.29 is 18.4 Å². The Bertz CT molecular complexity index is 1000. The molecule has 2 N–H and O–H groups in total. The van der Waals surface area contributed by atoms with Gasteiger partial charge in [-0.1, -0.05) is 42.5 Å². The van der Waals surface area contributed by atoms with Gasteiger partial charge in [0.15, 0.2) is 9.84 Å². The van der Waals surface area contributed by atoms with Gasteiger partial charge in [0, 0.05) is 10.8 Å². The highest BCUT2D eigenvalue weighted by Crippen LogP contribution is 2.30. The molecule has 3 rings (SSSR count). The van der Waals surface area contributed by atoms with Crippen LogP contribution in [0.15, 0.2) is 64.9 Å². The normalized spacial score (nSPS) is 11.9. The molecule has 2 aromatic carbocycles. The van der Waals surface area contributed by atoms with Crippen molar-refractivity contribution >= 4 is 43.2 Å². The minimum absolute atomic E-state index is 0.0824. The van der Waals surface area contributed by atoms with Crippen LogP contribution in [-0.2, 0) is 20.4 Å². The average Bonchev–Trinajstić information content (AvgIpc) is 3.06. The molecule has 0 aliphatic carbocycles. The Kier molecular flexibility index (Phi) is 4.98. The zero-order chi connectivity index (χ0) is 17.9. The summed E-state index contributed by atoms with van der Waals surface area (Å²) in [4.78, 5) is 10.9. The minimum atomic E-state index is -3.41. The van der Waals surface area contributed by atoms with Crippen LogP contribution in [0.4, 0.5) is 0 Å². The van der Waals surface area contributed by atoms with Gasteiger partial charge in [0.2, 0.25) is 0 Å². The maximum Gasteiger partial charge on any atom is 0.267 e. The Labute approximate surface area is 149 Å². The second kappa shape index (κ2) is 7.18. The number of benzene rings is 2. The monoisotopic (exact) mass is 373 g/mol. The second-order valence-electron chi connectivity index (χ2n) is 5.41. The maximum atomic E-state index is 12.6. The topological polar surface area (TPSA) is 83.5 Å². The first-order valence-electron chi connectivity index (χ1n) is 7.40. The predicted molar refractivity (Wildman–Crippen MR) is 98.1 cm³/mol. The molecular formula is C18H15NO4S2. The fourth-order valence-electron chi connectivity index (χ4n) is 2.34. The molecule has 0 bridgehead atoms. The molecule has 3 aromatic rings. The molecule has 0 aliphatic heterocycles. The van der Waals surface area contributed by atoms with Crippen LogP contribution in [0, 0.1) is 0 Å². The molecule has 0 atom stereocenters. The van der Waals surface area contributed by atoms with Crippen molar-refractivity contribution in [3.63, 3.8) is 0 Å². The third-order valence-electron chi connectivity index (χ3n) is 3.58. The van der Waals surface area contributed by atoms with Crippen LogP contribution in [-0.4, -0.2) is 19.5 Å². The van der Waals surface area contributed by atoms with Crippen molar-refractivity contribution in [2.45, 2.75) is 9.96 Å². The predicted octanol–water partition coefficient (Wildman–Crippen LogP) is 3.39. The lowest BCUT2D eigenvalue weighted by Crippen LogP contribution is -2.14. The first kappa shape index (κ1) is 17.3. The highest BCUT2D eigenvalue weighted by atomic mass is 32.2. The van der Waals surface area contributed by atoms with Crippen molar-refractivity contribution in [3.05, 3.63) is 71.8 Å². The molecule has 1 heterocycles. The highest BCUT2D eigenvalue weighted by molar-refractivity contribution is 7.92. The zero-order valence-corrected chi connectivity index (χ0v) is 14.7. The first-order chi connectivity index (χ1) is 12.0. The van der Waals surface area contributed by atoms with E-state index >= 15 is 0 Å². The minimum Gasteiger partial charge on any atom is -0.288 e. The van der Waals surface area contributed by atoms with E-state index in [2.05, 4.69) is 0 Å². The number of carbonyl (C=O) groups is 1. The van der Waals surface area contributed by atoms with Crippen molar-refractivity contribution in [3.8, 4) is 0 Å². The number of nitrogens with one attached hydrogen (secondary N) is 1. The zero-order valence-electron chi connectivity index (χ0n) is 13.0. The van der Waals surface area contributed by atoms with Crippen LogP contribution < -0.4 is 5.48 Å². The van der Waals surface area contributed by atoms with Crippen LogP contribution in [0.2, 0.25) is 0 Å². The summed E-state index contributed by atoms with van der Waals surface area (Å²) in [5, 5.41) is 9.35. The summed E-state index contributed by atoms with van der Waals surface area (Å²) in [5.74, 6) is -0.711. The van der Waals surface area contributed by atoms with Gasteiger partial charge >= 0.3 is 0 Å². The lowest BCUT2D eigenvalue weighted by Gasteiger charge is -2.03. The van der Waals surface area contributed by atoms with Gasteiger partial charge in [-0.25, -0.2) is 13.9 Å². The average molecular weight is 373 g/mol. The number of hydroxylamine groups is 1. The number of rotatable bonds is 5. The van der Waals surface area contributed by atoms with Gasteiger partial charge in [-0.15, -0.1) is 11.3 Å². The standard InChI is InChI=1S/C18H15NO4S2/c20-17(19-21)10-9-13-5-7-14(8-6-13)12-25(22,23)18-11-15-3-1-2-4-16(15)24-18/h1-11,21H,12H2,(H,19,20)/b10-9+. The molecule has 25 heavy (non-hydrogen) atoms. The smallest absolute Gasteiger partial charge is 0.267 e. The Balaban J connectivity index is 1.78. The van der Waals surface area contributed by atoms with E-state index in [1.807, 2.05) is 24.3 Å². The molecular weight excluding hydrogens is 358 g/mol. The SMILES string of the molecule is O=C(/C=C/c1ccc(CS(=O)(=O)c2cc3ccccc3s2)cc1)NO. The van der Waals surface area contributed by atoms with E-state index in [9.17, 15) is 13.2 Å². The number of fused-ring (bicyclic) bond motifs is 1. The summed E-state index contributed by atoms with van der Waals surface area (Å²) in [6.45, 7) is 0. The third kappa shape index (κ3) is 4.14. The number of sulfone groups is 1. The Morgan fingerprint density at radius 3 is 2.52 bits per heavy atom. The van der Waals surface area contributed by atoms with Crippen molar-refractivity contribution in [2.75, 3.05) is 0 Å². The molecule has 0 radical (unpaired) electrons. The molecule has 128 valence electrons. The number of hydrogen-bond acceptors (Lipinski definition) is 5. The fourth-order valence-corrected chi connectivity index (χ4v) is 5.16. The summed E-state index contributed by atoms with van der Waals surface area (Å²) in [5.41, 5.74) is 2.90. The van der Waals surface area contributed by atoms with Crippen LogP contribution in [0.3, 0.4) is 0 Å². The van der Waals surface area contributed by atoms with E-state index in [0.29, 0.717) is 9.77 Å². The van der Waals surface area contributed by atoms with Crippen LogP contribution in [0.25, 0.3) is 16.2 Å². The number of amides is 1. The van der Waals surface area contributed by atoms with Crippen LogP contribution in [0.1, 0.15) is 11.1 Å².